The number of hydrogen-bond donors (Lipinski definition) is 0. The first-order valence-corrected chi connectivity index (χ1v) is 6.45. The number of hydrogen-bond acceptors (Lipinski definition) is 2. The summed E-state index contributed by atoms with van der Waals surface area (Å²) in [5.41, 5.74) is 2.46. The van der Waals surface area contributed by atoms with Crippen LogP contribution in [0.5, 0.6) is 0 Å². The van der Waals surface area contributed by atoms with Gasteiger partial charge in [0.25, 0.3) is 0 Å². The van der Waals surface area contributed by atoms with Gasteiger partial charge in [-0.2, -0.15) is 0 Å². The molecule has 0 unspecified atom stereocenters. The average Bonchev–Trinajstić information content (AvgIpc) is 2.18. The van der Waals surface area contributed by atoms with E-state index in [1.54, 1.807) is 0 Å². The van der Waals surface area contributed by atoms with Crippen LogP contribution in [0.2, 0.25) is 0 Å². The Kier molecular flexibility index (Phi) is 4.55. The van der Waals surface area contributed by atoms with Gasteiger partial charge < -0.3 is 4.74 Å². The van der Waals surface area contributed by atoms with Crippen molar-refractivity contribution in [2.45, 2.75) is 47.6 Å². The quantitative estimate of drug-likeness (QED) is 0.544. The summed E-state index contributed by atoms with van der Waals surface area (Å²) in [6, 6.07) is 0. The molecule has 1 aliphatic rings. The summed E-state index contributed by atoms with van der Waals surface area (Å²) in [5, 5.41) is 0. The van der Waals surface area contributed by atoms with Gasteiger partial charge in [0.05, 0.1) is 0 Å². The molecule has 0 bridgehead atoms. The van der Waals surface area contributed by atoms with Gasteiger partial charge in [-0.25, -0.2) is 4.79 Å². The Morgan fingerprint density at radius 1 is 1.33 bits per heavy atom. The normalized spacial score (nSPS) is 26.2. The summed E-state index contributed by atoms with van der Waals surface area (Å²) >= 11 is 0. The lowest BCUT2D eigenvalue weighted by Gasteiger charge is -2.25. The maximum Gasteiger partial charge on any atom is 0.331 e. The number of ether oxygens (including phenoxy) is 1. The van der Waals surface area contributed by atoms with Crippen LogP contribution in [0.1, 0.15) is 41.5 Å². The Labute approximate surface area is 110 Å². The second-order valence-corrected chi connectivity index (χ2v) is 6.22. The third-order valence-corrected chi connectivity index (χ3v) is 2.82. The summed E-state index contributed by atoms with van der Waals surface area (Å²) in [5.74, 6) is -0.00955. The fourth-order valence-electron chi connectivity index (χ4n) is 2.28. The van der Waals surface area contributed by atoms with Crippen molar-refractivity contribution < 1.29 is 9.53 Å². The van der Waals surface area contributed by atoms with Gasteiger partial charge in [-0.05, 0) is 24.8 Å². The fourth-order valence-corrected chi connectivity index (χ4v) is 2.28. The highest BCUT2D eigenvalue weighted by Crippen LogP contribution is 2.24. The van der Waals surface area contributed by atoms with E-state index in [4.69, 9.17) is 4.74 Å². The Morgan fingerprint density at radius 2 is 1.94 bits per heavy atom. The van der Waals surface area contributed by atoms with E-state index in [2.05, 4.69) is 46.8 Å². The van der Waals surface area contributed by atoms with Gasteiger partial charge in [-0.3, -0.25) is 0 Å². The first kappa shape index (κ1) is 14.7. The molecule has 0 fully saturated rings. The van der Waals surface area contributed by atoms with Crippen molar-refractivity contribution in [2.24, 2.45) is 11.3 Å². The molecule has 1 aliphatic heterocycles. The zero-order valence-electron chi connectivity index (χ0n) is 12.3. The molecule has 0 amide bonds. The van der Waals surface area contributed by atoms with E-state index in [9.17, 15) is 4.79 Å². The molecule has 2 nitrogen and oxygen atoms in total. The van der Waals surface area contributed by atoms with E-state index in [-0.39, 0.29) is 23.4 Å². The van der Waals surface area contributed by atoms with Crippen LogP contribution in [-0.2, 0) is 9.53 Å². The first-order chi connectivity index (χ1) is 8.19. The second kappa shape index (κ2) is 5.55. The highest BCUT2D eigenvalue weighted by atomic mass is 16.5. The molecule has 0 N–H and O–H groups in total. The molecule has 0 aliphatic carbocycles. The van der Waals surface area contributed by atoms with Crippen LogP contribution in [0.25, 0.3) is 0 Å². The number of carbonyl (C=O) groups excluding carboxylic acids is 1. The number of carbonyl (C=O) groups is 1. The maximum atomic E-state index is 11.3. The summed E-state index contributed by atoms with van der Waals surface area (Å²) in [6.45, 7) is 12.7. The summed E-state index contributed by atoms with van der Waals surface area (Å²) in [6.07, 6.45) is 7.62. The summed E-state index contributed by atoms with van der Waals surface area (Å²) in [7, 11) is 0. The second-order valence-electron chi connectivity index (χ2n) is 6.22. The van der Waals surface area contributed by atoms with Gasteiger partial charge in [-0.15, -0.1) is 0 Å². The van der Waals surface area contributed by atoms with Crippen LogP contribution in [0, 0.1) is 11.3 Å². The highest BCUT2D eigenvalue weighted by molar-refractivity contribution is 5.83. The van der Waals surface area contributed by atoms with Crippen molar-refractivity contribution in [2.75, 3.05) is 0 Å². The van der Waals surface area contributed by atoms with Crippen LogP contribution in [0.15, 0.2) is 35.5 Å². The Balaban J connectivity index is 2.87. The van der Waals surface area contributed by atoms with E-state index in [1.807, 2.05) is 13.0 Å². The molecule has 0 aromatic carbocycles. The minimum absolute atomic E-state index is 0.134. The van der Waals surface area contributed by atoms with Gasteiger partial charge in [0.2, 0.25) is 0 Å². The molecule has 100 valence electrons. The van der Waals surface area contributed by atoms with Crippen LogP contribution in [0.3, 0.4) is 0 Å². The van der Waals surface area contributed by atoms with Gasteiger partial charge in [0.1, 0.15) is 6.10 Å². The van der Waals surface area contributed by atoms with E-state index < -0.39 is 0 Å². The van der Waals surface area contributed by atoms with Gasteiger partial charge in [0.15, 0.2) is 0 Å². The average molecular weight is 248 g/mol. The molecular formula is C16H24O2. The fraction of sp³-hybridized carbons (Fsp3) is 0.562. The smallest absolute Gasteiger partial charge is 0.331 e. The van der Waals surface area contributed by atoms with Crippen molar-refractivity contribution in [3.8, 4) is 0 Å². The lowest BCUT2D eigenvalue weighted by atomic mass is 9.91. The van der Waals surface area contributed by atoms with Crippen LogP contribution >= 0.6 is 0 Å². The Hall–Kier alpha value is -1.31. The largest absolute Gasteiger partial charge is 0.454 e. The lowest BCUT2D eigenvalue weighted by Crippen LogP contribution is -2.28. The Morgan fingerprint density at radius 3 is 2.50 bits per heavy atom. The summed E-state index contributed by atoms with van der Waals surface area (Å²) in [4.78, 5) is 11.3. The van der Waals surface area contributed by atoms with Crippen molar-refractivity contribution in [3.63, 3.8) is 0 Å². The van der Waals surface area contributed by atoms with Crippen LogP contribution < -0.4 is 0 Å². The van der Waals surface area contributed by atoms with Crippen molar-refractivity contribution in [1.29, 1.82) is 0 Å². The van der Waals surface area contributed by atoms with Crippen molar-refractivity contribution in [3.05, 3.63) is 35.5 Å². The minimum atomic E-state index is -0.247. The molecule has 0 saturated heterocycles. The summed E-state index contributed by atoms with van der Waals surface area (Å²) < 4.78 is 5.37. The number of rotatable bonds is 2. The molecule has 2 heteroatoms. The number of allylic oxidation sites excluding steroid dienone is 3. The first-order valence-electron chi connectivity index (χ1n) is 6.45. The molecule has 0 spiro atoms. The standard InChI is InChI=1S/C16H24O2/c1-11(10-16(4,5)6)9-13(3)15-12(2)7-8-14(17)18-15/h7-10,12,15H,1-6H3/b11-10+,13-9+/t12-,15+/m0/s1. The maximum absolute atomic E-state index is 11.3. The SMILES string of the molecule is CC(=C\C(C)(C)C)/C=C(\C)[C@@H]1OC(=O)C=C[C@@H]1C. The molecule has 1 heterocycles. The molecule has 0 radical (unpaired) electrons. The van der Waals surface area contributed by atoms with Crippen molar-refractivity contribution >= 4 is 5.97 Å². The third-order valence-electron chi connectivity index (χ3n) is 2.82. The monoisotopic (exact) mass is 248 g/mol. The molecule has 0 aromatic rings. The number of cyclic esters (lactones) is 1. The van der Waals surface area contributed by atoms with E-state index in [1.165, 1.54) is 11.6 Å². The zero-order chi connectivity index (χ0) is 13.9. The zero-order valence-corrected chi connectivity index (χ0v) is 12.3. The van der Waals surface area contributed by atoms with Crippen LogP contribution in [-0.4, -0.2) is 12.1 Å². The van der Waals surface area contributed by atoms with E-state index in [0.29, 0.717) is 0 Å². The minimum Gasteiger partial charge on any atom is -0.454 e. The van der Waals surface area contributed by atoms with Crippen LogP contribution in [0.4, 0.5) is 0 Å². The van der Waals surface area contributed by atoms with E-state index >= 15 is 0 Å². The third kappa shape index (κ3) is 4.52. The molecule has 18 heavy (non-hydrogen) atoms. The highest BCUT2D eigenvalue weighted by Gasteiger charge is 2.24. The van der Waals surface area contributed by atoms with E-state index in [0.717, 1.165) is 5.57 Å². The van der Waals surface area contributed by atoms with Gasteiger partial charge in [-0.1, -0.05) is 51.5 Å². The van der Waals surface area contributed by atoms with Crippen molar-refractivity contribution in [1.82, 2.24) is 0 Å². The lowest BCUT2D eigenvalue weighted by molar-refractivity contribution is -0.144. The Bertz CT molecular complexity index is 405. The molecule has 0 aromatic heterocycles. The molecular weight excluding hydrogens is 224 g/mol. The van der Waals surface area contributed by atoms with Gasteiger partial charge in [0, 0.05) is 12.0 Å². The predicted octanol–water partition coefficient (Wildman–Crippen LogP) is 4.04. The molecule has 1 rings (SSSR count). The molecule has 2 atom stereocenters. The topological polar surface area (TPSA) is 26.3 Å². The van der Waals surface area contributed by atoms with Gasteiger partial charge >= 0.3 is 5.97 Å². The predicted molar refractivity (Wildman–Crippen MR) is 75.2 cm³/mol. The molecule has 0 saturated carbocycles. The number of esters is 1.